The first-order valence-electron chi connectivity index (χ1n) is 10.3. The Bertz CT molecular complexity index is 1070. The van der Waals surface area contributed by atoms with Gasteiger partial charge < -0.3 is 10.2 Å². The van der Waals surface area contributed by atoms with Crippen molar-refractivity contribution in [1.82, 2.24) is 10.2 Å². The third kappa shape index (κ3) is 6.78. The van der Waals surface area contributed by atoms with Crippen LogP contribution in [0.1, 0.15) is 31.9 Å². The van der Waals surface area contributed by atoms with Crippen LogP contribution in [0.15, 0.2) is 48.5 Å². The summed E-state index contributed by atoms with van der Waals surface area (Å²) in [7, 11) is -3.89. The van der Waals surface area contributed by atoms with Crippen molar-refractivity contribution in [1.29, 1.82) is 0 Å². The van der Waals surface area contributed by atoms with Crippen LogP contribution in [0.5, 0.6) is 0 Å². The second-order valence-corrected chi connectivity index (χ2v) is 9.94. The Balaban J connectivity index is 2.40. The van der Waals surface area contributed by atoms with Crippen molar-refractivity contribution in [3.05, 3.63) is 65.5 Å². The molecular formula is C23H30FN3O4S. The van der Waals surface area contributed by atoms with Crippen molar-refractivity contribution in [2.24, 2.45) is 0 Å². The molecule has 2 aromatic carbocycles. The molecule has 2 amide bonds. The van der Waals surface area contributed by atoms with E-state index in [4.69, 9.17) is 0 Å². The molecule has 2 aromatic rings. The van der Waals surface area contributed by atoms with Gasteiger partial charge in [-0.1, -0.05) is 30.3 Å². The minimum absolute atomic E-state index is 0.0379. The molecule has 1 N–H and O–H groups in total. The van der Waals surface area contributed by atoms with Gasteiger partial charge in [-0.15, -0.1) is 0 Å². The molecule has 0 fully saturated rings. The summed E-state index contributed by atoms with van der Waals surface area (Å²) in [5.41, 5.74) is 1.81. The summed E-state index contributed by atoms with van der Waals surface area (Å²) in [5, 5.41) is 2.79. The molecule has 174 valence electrons. The maximum absolute atomic E-state index is 13.7. The van der Waals surface area contributed by atoms with Gasteiger partial charge in [-0.2, -0.15) is 0 Å². The smallest absolute Gasteiger partial charge is 0.244 e. The second kappa shape index (κ2) is 10.6. The molecule has 32 heavy (non-hydrogen) atoms. The fraction of sp³-hybridized carbons (Fsp3) is 0.391. The van der Waals surface area contributed by atoms with Crippen LogP contribution in [0.4, 0.5) is 10.1 Å². The average Bonchev–Trinajstić information content (AvgIpc) is 2.69. The number of hydrogen-bond acceptors (Lipinski definition) is 4. The summed E-state index contributed by atoms with van der Waals surface area (Å²) in [6.07, 6.45) is 0.950. The highest BCUT2D eigenvalue weighted by Gasteiger charge is 2.30. The Morgan fingerprint density at radius 2 is 1.72 bits per heavy atom. The Morgan fingerprint density at radius 3 is 2.28 bits per heavy atom. The van der Waals surface area contributed by atoms with Gasteiger partial charge in [-0.25, -0.2) is 12.8 Å². The first-order chi connectivity index (χ1) is 14.9. The summed E-state index contributed by atoms with van der Waals surface area (Å²) in [5.74, 6) is -1.54. The highest BCUT2D eigenvalue weighted by molar-refractivity contribution is 7.92. The molecule has 0 aliphatic heterocycles. The summed E-state index contributed by atoms with van der Waals surface area (Å²) in [6, 6.07) is 11.5. The molecule has 0 aliphatic carbocycles. The van der Waals surface area contributed by atoms with Gasteiger partial charge in [0, 0.05) is 12.6 Å². The minimum Gasteiger partial charge on any atom is -0.352 e. The van der Waals surface area contributed by atoms with Crippen molar-refractivity contribution >= 4 is 27.5 Å². The number of carbonyl (C=O) groups excluding carboxylic acids is 2. The molecule has 0 aromatic heterocycles. The quantitative estimate of drug-likeness (QED) is 0.620. The van der Waals surface area contributed by atoms with Crippen molar-refractivity contribution < 1.29 is 22.4 Å². The lowest BCUT2D eigenvalue weighted by Crippen LogP contribution is -2.52. The van der Waals surface area contributed by atoms with Gasteiger partial charge in [0.1, 0.15) is 18.4 Å². The van der Waals surface area contributed by atoms with Crippen LogP contribution in [-0.2, 0) is 26.2 Å². The van der Waals surface area contributed by atoms with E-state index in [1.54, 1.807) is 6.92 Å². The minimum atomic E-state index is -3.89. The van der Waals surface area contributed by atoms with Gasteiger partial charge in [0.2, 0.25) is 21.8 Å². The van der Waals surface area contributed by atoms with Gasteiger partial charge in [-0.05, 0) is 57.0 Å². The Labute approximate surface area is 189 Å². The highest BCUT2D eigenvalue weighted by Crippen LogP contribution is 2.20. The molecule has 2 rings (SSSR count). The van der Waals surface area contributed by atoms with Crippen molar-refractivity contribution in [2.45, 2.75) is 46.3 Å². The van der Waals surface area contributed by atoms with Crippen LogP contribution >= 0.6 is 0 Å². The van der Waals surface area contributed by atoms with Crippen LogP contribution < -0.4 is 9.62 Å². The molecule has 0 radical (unpaired) electrons. The summed E-state index contributed by atoms with van der Waals surface area (Å²) in [6.45, 7) is 6.68. The fourth-order valence-electron chi connectivity index (χ4n) is 3.20. The molecular weight excluding hydrogens is 433 g/mol. The van der Waals surface area contributed by atoms with E-state index in [1.165, 1.54) is 23.1 Å². The number of anilines is 1. The van der Waals surface area contributed by atoms with E-state index < -0.39 is 34.3 Å². The van der Waals surface area contributed by atoms with Crippen molar-refractivity contribution in [3.8, 4) is 0 Å². The zero-order valence-corrected chi connectivity index (χ0v) is 19.8. The molecule has 0 bridgehead atoms. The standard InChI is InChI=1S/C23H30FN3O4S/c1-16(2)25-23(29)18(4)26(14-19-10-7-6-9-17(19)3)22(28)15-27(32(5,30)31)21-12-8-11-20(24)13-21/h6-13,16,18H,14-15H2,1-5H3,(H,25,29)/t18-/m1/s1. The lowest BCUT2D eigenvalue weighted by Gasteiger charge is -2.32. The van der Waals surface area contributed by atoms with Crippen molar-refractivity contribution in [3.63, 3.8) is 0 Å². The maximum Gasteiger partial charge on any atom is 0.244 e. The second-order valence-electron chi connectivity index (χ2n) is 8.04. The first kappa shape index (κ1) is 25.3. The molecule has 0 saturated heterocycles. The Kier molecular flexibility index (Phi) is 8.38. The number of amides is 2. The molecule has 0 saturated carbocycles. The number of aryl methyl sites for hydroxylation is 1. The van der Waals surface area contributed by atoms with Crippen LogP contribution in [0, 0.1) is 12.7 Å². The van der Waals surface area contributed by atoms with E-state index >= 15 is 0 Å². The van der Waals surface area contributed by atoms with Gasteiger partial charge >= 0.3 is 0 Å². The third-order valence-corrected chi connectivity index (χ3v) is 6.12. The predicted molar refractivity (Wildman–Crippen MR) is 123 cm³/mol. The zero-order valence-electron chi connectivity index (χ0n) is 19.0. The molecule has 1 atom stereocenters. The predicted octanol–water partition coefficient (Wildman–Crippen LogP) is 2.84. The Hall–Kier alpha value is -2.94. The van der Waals surface area contributed by atoms with Crippen molar-refractivity contribution in [2.75, 3.05) is 17.1 Å². The van der Waals surface area contributed by atoms with Crippen LogP contribution in [0.25, 0.3) is 0 Å². The molecule has 0 unspecified atom stereocenters. The number of nitrogens with one attached hydrogen (secondary N) is 1. The number of hydrogen-bond donors (Lipinski definition) is 1. The molecule has 9 heteroatoms. The van der Waals surface area contributed by atoms with Crippen LogP contribution in [0.2, 0.25) is 0 Å². The lowest BCUT2D eigenvalue weighted by molar-refractivity contribution is -0.139. The van der Waals surface area contributed by atoms with Gasteiger partial charge in [0.25, 0.3) is 0 Å². The SMILES string of the molecule is Cc1ccccc1CN(C(=O)CN(c1cccc(F)c1)S(C)(=O)=O)[C@H](C)C(=O)NC(C)C. The number of sulfonamides is 1. The molecule has 7 nitrogen and oxygen atoms in total. The zero-order chi connectivity index (χ0) is 24.1. The average molecular weight is 464 g/mol. The number of carbonyl (C=O) groups is 2. The summed E-state index contributed by atoms with van der Waals surface area (Å²) >= 11 is 0. The normalized spacial score (nSPS) is 12.3. The Morgan fingerprint density at radius 1 is 1.06 bits per heavy atom. The molecule has 0 heterocycles. The van der Waals surface area contributed by atoms with E-state index in [0.717, 1.165) is 27.8 Å². The summed E-state index contributed by atoms with van der Waals surface area (Å²) < 4.78 is 39.4. The molecule has 0 aliphatic rings. The lowest BCUT2D eigenvalue weighted by atomic mass is 10.1. The third-order valence-electron chi connectivity index (χ3n) is 4.98. The van der Waals surface area contributed by atoms with E-state index in [0.29, 0.717) is 0 Å². The highest BCUT2D eigenvalue weighted by atomic mass is 32.2. The van der Waals surface area contributed by atoms with E-state index in [1.807, 2.05) is 45.0 Å². The number of benzene rings is 2. The summed E-state index contributed by atoms with van der Waals surface area (Å²) in [4.78, 5) is 27.4. The number of halogens is 1. The first-order valence-corrected chi connectivity index (χ1v) is 12.1. The largest absolute Gasteiger partial charge is 0.352 e. The van der Waals surface area contributed by atoms with E-state index in [2.05, 4.69) is 5.32 Å². The fourth-order valence-corrected chi connectivity index (χ4v) is 4.05. The number of nitrogens with zero attached hydrogens (tertiary/aromatic N) is 2. The van der Waals surface area contributed by atoms with Crippen LogP contribution in [-0.4, -0.2) is 50.0 Å². The monoisotopic (exact) mass is 463 g/mol. The van der Waals surface area contributed by atoms with Gasteiger partial charge in [0.05, 0.1) is 11.9 Å². The van der Waals surface area contributed by atoms with Crippen LogP contribution in [0.3, 0.4) is 0 Å². The topological polar surface area (TPSA) is 86.8 Å². The van der Waals surface area contributed by atoms with Gasteiger partial charge in [-0.3, -0.25) is 13.9 Å². The van der Waals surface area contributed by atoms with E-state index in [9.17, 15) is 22.4 Å². The molecule has 0 spiro atoms. The maximum atomic E-state index is 13.7. The number of rotatable bonds is 9. The van der Waals surface area contributed by atoms with Gasteiger partial charge in [0.15, 0.2) is 0 Å². The van der Waals surface area contributed by atoms with E-state index in [-0.39, 0.29) is 24.2 Å².